The molecule has 0 heterocycles. The second kappa shape index (κ2) is 5.82. The van der Waals surface area contributed by atoms with Crippen molar-refractivity contribution in [3.63, 3.8) is 0 Å². The van der Waals surface area contributed by atoms with Crippen LogP contribution < -0.4 is 4.74 Å². The summed E-state index contributed by atoms with van der Waals surface area (Å²) in [6.07, 6.45) is 0.227. The second-order valence-electron chi connectivity index (χ2n) is 4.52. The van der Waals surface area contributed by atoms with Gasteiger partial charge in [-0.2, -0.15) is 0 Å². The summed E-state index contributed by atoms with van der Waals surface area (Å²) in [6.45, 7) is 1.45. The Labute approximate surface area is 105 Å². The Morgan fingerprint density at radius 3 is 2.72 bits per heavy atom. The molecule has 1 aromatic rings. The zero-order valence-electron chi connectivity index (χ0n) is 10.4. The normalized spacial score (nSPS) is 14.0. The van der Waals surface area contributed by atoms with Crippen LogP contribution in [0.4, 0.5) is 4.39 Å². The van der Waals surface area contributed by atoms with Gasteiger partial charge in [-0.05, 0) is 43.5 Å². The van der Waals surface area contributed by atoms with Crippen LogP contribution in [0.25, 0.3) is 0 Å². The van der Waals surface area contributed by atoms with E-state index in [0.717, 1.165) is 0 Å². The number of aliphatic carboxylic acids is 1. The van der Waals surface area contributed by atoms with Crippen molar-refractivity contribution in [3.05, 3.63) is 29.6 Å². The van der Waals surface area contributed by atoms with Crippen LogP contribution in [0.5, 0.6) is 5.75 Å². The van der Waals surface area contributed by atoms with Crippen LogP contribution in [0.2, 0.25) is 0 Å². The van der Waals surface area contributed by atoms with E-state index in [9.17, 15) is 14.3 Å². The van der Waals surface area contributed by atoms with Crippen LogP contribution in [0.15, 0.2) is 18.2 Å². The number of halogens is 1. The van der Waals surface area contributed by atoms with Crippen molar-refractivity contribution in [3.8, 4) is 5.75 Å². The number of carboxylic acid groups (broad SMARTS) is 1. The first-order valence-electron chi connectivity index (χ1n) is 5.60. The van der Waals surface area contributed by atoms with E-state index in [1.807, 2.05) is 0 Å². The maximum absolute atomic E-state index is 13.1. The molecule has 0 aliphatic rings. The third-order valence-corrected chi connectivity index (χ3v) is 2.71. The highest BCUT2D eigenvalue weighted by molar-refractivity contribution is 5.68. The highest BCUT2D eigenvalue weighted by atomic mass is 19.1. The van der Waals surface area contributed by atoms with Crippen LogP contribution in [0.1, 0.15) is 25.3 Å². The maximum Gasteiger partial charge on any atom is 0.306 e. The monoisotopic (exact) mass is 256 g/mol. The number of carbonyl (C=O) groups is 1. The molecule has 0 amide bonds. The van der Waals surface area contributed by atoms with E-state index in [4.69, 9.17) is 9.84 Å². The van der Waals surface area contributed by atoms with Crippen molar-refractivity contribution in [1.82, 2.24) is 0 Å². The zero-order chi connectivity index (χ0) is 13.8. The molecule has 0 aliphatic heterocycles. The Morgan fingerprint density at radius 2 is 2.17 bits per heavy atom. The quantitative estimate of drug-likeness (QED) is 0.816. The van der Waals surface area contributed by atoms with E-state index < -0.39 is 11.6 Å². The Balaban J connectivity index is 2.73. The molecular formula is C13H17FO4. The Kier molecular flexibility index (Phi) is 4.67. The Hall–Kier alpha value is -1.62. The third kappa shape index (κ3) is 4.33. The number of aliphatic hydroxyl groups is 1. The molecule has 1 unspecified atom stereocenters. The van der Waals surface area contributed by atoms with Crippen molar-refractivity contribution >= 4 is 5.97 Å². The number of methoxy groups -OCH3 is 1. The van der Waals surface area contributed by atoms with E-state index in [0.29, 0.717) is 17.7 Å². The first-order chi connectivity index (χ1) is 8.34. The average Bonchev–Trinajstić information content (AvgIpc) is 2.25. The Bertz CT molecular complexity index is 429. The molecule has 1 rings (SSSR count). The summed E-state index contributed by atoms with van der Waals surface area (Å²) in [5, 5.41) is 18.5. The fourth-order valence-electron chi connectivity index (χ4n) is 1.76. The van der Waals surface area contributed by atoms with Crippen LogP contribution >= 0.6 is 0 Å². The predicted octanol–water partition coefficient (Wildman–Crippen LogP) is 1.99. The van der Waals surface area contributed by atoms with Crippen LogP contribution in [0.3, 0.4) is 0 Å². The maximum atomic E-state index is 13.1. The molecule has 1 aromatic carbocycles. The molecule has 0 saturated heterocycles. The van der Waals surface area contributed by atoms with Gasteiger partial charge in [-0.15, -0.1) is 0 Å². The van der Waals surface area contributed by atoms with Gasteiger partial charge in [0.15, 0.2) is 0 Å². The molecule has 4 nitrogen and oxygen atoms in total. The van der Waals surface area contributed by atoms with Gasteiger partial charge in [-0.3, -0.25) is 4.79 Å². The molecule has 1 atom stereocenters. The van der Waals surface area contributed by atoms with Gasteiger partial charge in [0.1, 0.15) is 11.6 Å². The van der Waals surface area contributed by atoms with Crippen molar-refractivity contribution in [1.29, 1.82) is 0 Å². The molecule has 0 aromatic heterocycles. The minimum Gasteiger partial charge on any atom is -0.496 e. The number of hydrogen-bond acceptors (Lipinski definition) is 3. The lowest BCUT2D eigenvalue weighted by Crippen LogP contribution is -2.28. The number of benzene rings is 1. The number of hydrogen-bond donors (Lipinski definition) is 2. The van der Waals surface area contributed by atoms with Gasteiger partial charge >= 0.3 is 5.97 Å². The molecule has 0 bridgehead atoms. The first-order valence-corrected chi connectivity index (χ1v) is 5.60. The lowest BCUT2D eigenvalue weighted by molar-refractivity contribution is -0.142. The molecule has 0 fully saturated rings. The van der Waals surface area contributed by atoms with E-state index in [-0.39, 0.29) is 18.7 Å². The number of aryl methyl sites for hydroxylation is 1. The van der Waals surface area contributed by atoms with Gasteiger partial charge in [-0.25, -0.2) is 4.39 Å². The van der Waals surface area contributed by atoms with Gasteiger partial charge in [0.25, 0.3) is 0 Å². The first kappa shape index (κ1) is 14.4. The van der Waals surface area contributed by atoms with Gasteiger partial charge in [0.2, 0.25) is 0 Å². The second-order valence-corrected chi connectivity index (χ2v) is 4.52. The van der Waals surface area contributed by atoms with Crippen LogP contribution in [-0.2, 0) is 11.2 Å². The SMILES string of the molecule is COc1ccc(F)cc1CCC(C)(O)CC(=O)O. The molecule has 100 valence electrons. The smallest absolute Gasteiger partial charge is 0.306 e. The Morgan fingerprint density at radius 1 is 1.50 bits per heavy atom. The predicted molar refractivity (Wildman–Crippen MR) is 64.1 cm³/mol. The highest BCUT2D eigenvalue weighted by Crippen LogP contribution is 2.24. The topological polar surface area (TPSA) is 66.8 Å². The third-order valence-electron chi connectivity index (χ3n) is 2.71. The standard InChI is InChI=1S/C13H17FO4/c1-13(17,8-12(15)16)6-5-9-7-10(14)3-4-11(9)18-2/h3-4,7,17H,5-6,8H2,1-2H3,(H,15,16). The molecule has 0 aliphatic carbocycles. The summed E-state index contributed by atoms with van der Waals surface area (Å²) in [5.41, 5.74) is -0.702. The molecule has 0 saturated carbocycles. The molecule has 0 radical (unpaired) electrons. The van der Waals surface area contributed by atoms with Crippen LogP contribution in [0, 0.1) is 5.82 Å². The van der Waals surface area contributed by atoms with Gasteiger partial charge in [0.05, 0.1) is 19.1 Å². The van der Waals surface area contributed by atoms with Crippen LogP contribution in [-0.4, -0.2) is 28.9 Å². The van der Waals surface area contributed by atoms with E-state index in [1.165, 1.54) is 32.2 Å². The number of carboxylic acids is 1. The average molecular weight is 256 g/mol. The molecule has 0 spiro atoms. The van der Waals surface area contributed by atoms with E-state index in [2.05, 4.69) is 0 Å². The molecular weight excluding hydrogens is 239 g/mol. The summed E-state index contributed by atoms with van der Waals surface area (Å²) in [6, 6.07) is 4.13. The van der Waals surface area contributed by atoms with E-state index >= 15 is 0 Å². The van der Waals surface area contributed by atoms with Gasteiger partial charge in [0, 0.05) is 0 Å². The molecule has 18 heavy (non-hydrogen) atoms. The minimum atomic E-state index is -1.32. The summed E-state index contributed by atoms with van der Waals surface area (Å²) >= 11 is 0. The summed E-state index contributed by atoms with van der Waals surface area (Å²) in [7, 11) is 1.48. The lowest BCUT2D eigenvalue weighted by atomic mass is 9.93. The fourth-order valence-corrected chi connectivity index (χ4v) is 1.76. The van der Waals surface area contributed by atoms with Crippen molar-refractivity contribution in [2.75, 3.05) is 7.11 Å². The van der Waals surface area contributed by atoms with Gasteiger partial charge in [-0.1, -0.05) is 0 Å². The lowest BCUT2D eigenvalue weighted by Gasteiger charge is -2.21. The number of rotatable bonds is 6. The van der Waals surface area contributed by atoms with Crippen molar-refractivity contribution in [2.45, 2.75) is 31.8 Å². The summed E-state index contributed by atoms with van der Waals surface area (Å²) in [4.78, 5) is 10.6. The fraction of sp³-hybridized carbons (Fsp3) is 0.462. The highest BCUT2D eigenvalue weighted by Gasteiger charge is 2.24. The van der Waals surface area contributed by atoms with Crippen molar-refractivity contribution < 1.29 is 24.1 Å². The summed E-state index contributed by atoms with van der Waals surface area (Å²) in [5.74, 6) is -0.919. The molecule has 2 N–H and O–H groups in total. The number of ether oxygens (including phenoxy) is 1. The molecule has 5 heteroatoms. The summed E-state index contributed by atoms with van der Waals surface area (Å²) < 4.78 is 18.2. The largest absolute Gasteiger partial charge is 0.496 e. The minimum absolute atomic E-state index is 0.221. The zero-order valence-corrected chi connectivity index (χ0v) is 10.4. The van der Waals surface area contributed by atoms with E-state index in [1.54, 1.807) is 0 Å². The van der Waals surface area contributed by atoms with Crippen molar-refractivity contribution in [2.24, 2.45) is 0 Å². The van der Waals surface area contributed by atoms with Gasteiger partial charge < -0.3 is 14.9 Å².